The number of ether oxygens (including phenoxy) is 13. The molecule has 508 valence electrons. The second-order valence-electron chi connectivity index (χ2n) is 24.7. The Morgan fingerprint density at radius 1 is 0.367 bits per heavy atom. The van der Waals surface area contributed by atoms with Gasteiger partial charge in [-0.15, -0.1) is 0 Å². The summed E-state index contributed by atoms with van der Waals surface area (Å²) in [4.78, 5) is 21.1. The van der Waals surface area contributed by atoms with Crippen LogP contribution in [0.1, 0.15) is 61.1 Å². The molecule has 3 saturated heterocycles. The SMILES string of the molecule is [2H]C(O[C@H]1[C@H](OC([2H])c2ccccc2)[C@@H](OC([2H])c2ccccc2)C(O[C@H]2[C@H](OCc3ccccc3)[C@@H](OCc3ccccc3)[C@@H](O[C@@H]3[C@H]4CON(C(=O)OCc5ccccc5)[C@H]4[C@H](OCc4ccccc4)[C@@H]3OCc3ccccc3)O[C@@H]2COCc2ccccc2)O[C@@H]1C)c1ccccc1. The van der Waals surface area contributed by atoms with Gasteiger partial charge in [-0.3, -0.25) is 4.84 Å². The van der Waals surface area contributed by atoms with Crippen LogP contribution in [0.3, 0.4) is 0 Å². The summed E-state index contributed by atoms with van der Waals surface area (Å²) >= 11 is 0. The van der Waals surface area contributed by atoms with Crippen molar-refractivity contribution in [3.8, 4) is 0 Å². The molecule has 18 atom stereocenters. The van der Waals surface area contributed by atoms with E-state index < -0.39 is 118 Å². The highest BCUT2D eigenvalue weighted by Gasteiger charge is 2.63. The molecule has 9 aromatic rings. The van der Waals surface area contributed by atoms with Gasteiger partial charge in [0.05, 0.1) is 88.4 Å². The van der Waals surface area contributed by atoms with E-state index in [9.17, 15) is 8.91 Å². The molecular weight excluding hydrogens is 1240 g/mol. The van der Waals surface area contributed by atoms with Crippen molar-refractivity contribution in [1.82, 2.24) is 5.06 Å². The van der Waals surface area contributed by atoms with Crippen LogP contribution in [0.25, 0.3) is 0 Å². The van der Waals surface area contributed by atoms with E-state index in [0.717, 1.165) is 33.4 Å². The number of carbonyl (C=O) groups is 1. The van der Waals surface area contributed by atoms with E-state index in [4.69, 9.17) is 66.4 Å². The summed E-state index contributed by atoms with van der Waals surface area (Å²) in [7, 11) is 0. The predicted octanol–water partition coefficient (Wildman–Crippen LogP) is 14.1. The summed E-state index contributed by atoms with van der Waals surface area (Å²) in [6.45, 7) is -1.64. The first kappa shape index (κ1) is 64.4. The summed E-state index contributed by atoms with van der Waals surface area (Å²) in [5.41, 5.74) is 6.81. The van der Waals surface area contributed by atoms with Crippen LogP contribution in [0.2, 0.25) is 0 Å². The van der Waals surface area contributed by atoms with Crippen molar-refractivity contribution in [2.24, 2.45) is 5.92 Å². The molecule has 16 nitrogen and oxygen atoms in total. The number of fused-ring (bicyclic) bond motifs is 1. The average Bonchev–Trinajstić information content (AvgIpc) is 1.66. The van der Waals surface area contributed by atoms with Crippen molar-refractivity contribution in [3.63, 3.8) is 0 Å². The molecule has 0 N–H and O–H groups in total. The fourth-order valence-electron chi connectivity index (χ4n) is 12.9. The highest BCUT2D eigenvalue weighted by atomic mass is 16.8. The smallest absolute Gasteiger partial charge is 0.434 e. The predicted molar refractivity (Wildman–Crippen MR) is 366 cm³/mol. The molecule has 13 rings (SSSR count). The van der Waals surface area contributed by atoms with Crippen LogP contribution < -0.4 is 0 Å². The molecule has 3 aliphatic heterocycles. The van der Waals surface area contributed by atoms with Crippen LogP contribution in [-0.2, 0) is 126 Å². The molecule has 4 aliphatic rings. The minimum absolute atomic E-state index is 0.0000125. The summed E-state index contributed by atoms with van der Waals surface area (Å²) in [6, 6.07) is 84.9. The number of amides is 1. The van der Waals surface area contributed by atoms with E-state index in [1.54, 1.807) is 31.2 Å². The Morgan fingerprint density at radius 3 is 1.14 bits per heavy atom. The van der Waals surface area contributed by atoms with Gasteiger partial charge in [0.15, 0.2) is 12.6 Å². The summed E-state index contributed by atoms with van der Waals surface area (Å²) < 4.78 is 121. The van der Waals surface area contributed by atoms with Gasteiger partial charge in [-0.25, -0.2) is 4.79 Å². The molecule has 3 heterocycles. The highest BCUT2D eigenvalue weighted by Crippen LogP contribution is 2.45. The van der Waals surface area contributed by atoms with Crippen molar-refractivity contribution in [2.75, 3.05) is 13.2 Å². The Balaban J connectivity index is 0.918. The normalized spacial score (nSPS) is 27.4. The van der Waals surface area contributed by atoms with E-state index in [1.807, 2.05) is 249 Å². The largest absolute Gasteiger partial charge is 0.443 e. The number of hydroxylamine groups is 2. The Bertz CT molecular complexity index is 3880. The molecule has 4 unspecified atom stereocenters. The van der Waals surface area contributed by atoms with E-state index in [1.165, 1.54) is 5.06 Å². The standard InChI is InChI=1S/C82H85NO15/c1-58-71(86-48-60-31-13-3-14-32-60)75(88-50-62-35-17-5-18-36-62)78(91-53-65-41-23-8-24-42-65)80(95-58)98-73-69(57-85-47-59-29-11-2-12-30-59)96-81(79(92-54-66-43-25-9-26-44-66)77(73)90-52-64-39-21-7-22-40-64)97-72-68-56-94-83(82(84)93-55-67-45-27-10-28-46-67)70(68)74(87-49-61-33-15-4-16-34-61)76(72)89-51-63-37-19-6-20-38-63/h2-46,58,68-81H,47-57H2,1H3/t58-,68+,69-,70-,71-,72-,73-,74+,75+,76-,77+,78-,79-,80?,81-/m1/s1/i48D,50D,53D/t48?,50?,53?,58-,68+,69-,70-,71-,72-,73-,74+,75+,76-,77+,78-,79-,80?,81-. The van der Waals surface area contributed by atoms with Gasteiger partial charge >= 0.3 is 6.09 Å². The van der Waals surface area contributed by atoms with Crippen molar-refractivity contribution in [1.29, 1.82) is 0 Å². The maximum absolute atomic E-state index is 14.6. The van der Waals surface area contributed by atoms with Gasteiger partial charge in [-0.2, -0.15) is 5.06 Å². The second-order valence-corrected chi connectivity index (χ2v) is 24.7. The minimum Gasteiger partial charge on any atom is -0.443 e. The fourth-order valence-corrected chi connectivity index (χ4v) is 12.9. The molecule has 0 aromatic heterocycles. The molecule has 1 amide bonds. The molecule has 9 aromatic carbocycles. The zero-order valence-corrected chi connectivity index (χ0v) is 54.6. The van der Waals surface area contributed by atoms with E-state index in [-0.39, 0.29) is 52.9 Å². The van der Waals surface area contributed by atoms with Crippen LogP contribution in [-0.4, -0.2) is 110 Å². The van der Waals surface area contributed by atoms with Crippen molar-refractivity contribution >= 4 is 6.09 Å². The molecule has 0 bridgehead atoms. The van der Waals surface area contributed by atoms with Crippen LogP contribution in [0.15, 0.2) is 273 Å². The van der Waals surface area contributed by atoms with Crippen LogP contribution in [0.4, 0.5) is 4.79 Å². The number of benzene rings is 9. The lowest BCUT2D eigenvalue weighted by Gasteiger charge is -2.50. The number of hydrogen-bond donors (Lipinski definition) is 0. The van der Waals surface area contributed by atoms with E-state index in [0.29, 0.717) is 16.7 Å². The minimum atomic E-state index is -1.44. The summed E-state index contributed by atoms with van der Waals surface area (Å²) in [5.74, 6) is -0.615. The maximum atomic E-state index is 14.6. The highest BCUT2D eigenvalue weighted by molar-refractivity contribution is 5.67. The molecule has 0 radical (unpaired) electrons. The van der Waals surface area contributed by atoms with Crippen molar-refractivity contribution in [3.05, 3.63) is 323 Å². The zero-order valence-electron chi connectivity index (χ0n) is 57.6. The van der Waals surface area contributed by atoms with Gasteiger partial charge < -0.3 is 61.6 Å². The Morgan fingerprint density at radius 2 is 0.694 bits per heavy atom. The molecular formula is C82H85NO15. The van der Waals surface area contributed by atoms with E-state index >= 15 is 0 Å². The van der Waals surface area contributed by atoms with Crippen LogP contribution in [0, 0.1) is 5.92 Å². The van der Waals surface area contributed by atoms with Crippen LogP contribution in [0.5, 0.6) is 0 Å². The summed E-state index contributed by atoms with van der Waals surface area (Å²) in [5, 5.41) is 1.27. The quantitative estimate of drug-likeness (QED) is 0.0405. The Hall–Kier alpha value is -8.27. The van der Waals surface area contributed by atoms with Gasteiger partial charge in [0.25, 0.3) is 0 Å². The third kappa shape index (κ3) is 18.1. The van der Waals surface area contributed by atoms with Crippen molar-refractivity contribution in [2.45, 2.75) is 152 Å². The molecule has 1 aliphatic carbocycles. The molecule has 98 heavy (non-hydrogen) atoms. The topological polar surface area (TPSA) is 150 Å². The molecule has 1 saturated carbocycles. The first-order valence-corrected chi connectivity index (χ1v) is 33.5. The van der Waals surface area contributed by atoms with Gasteiger partial charge in [0.1, 0.15) is 61.5 Å². The monoisotopic (exact) mass is 1330 g/mol. The zero-order chi connectivity index (χ0) is 69.1. The lowest BCUT2D eigenvalue weighted by atomic mass is 9.95. The van der Waals surface area contributed by atoms with Crippen LogP contribution >= 0.6 is 0 Å². The number of rotatable bonds is 31. The van der Waals surface area contributed by atoms with Crippen molar-refractivity contribution < 1.29 is 75.3 Å². The third-order valence-electron chi connectivity index (χ3n) is 17.8. The maximum Gasteiger partial charge on any atom is 0.434 e. The molecule has 16 heteroatoms. The Kier molecular flexibility index (Phi) is 23.0. The number of nitrogens with zero attached hydrogens (tertiary/aromatic N) is 1. The fraction of sp³-hybridized carbons (Fsp3) is 0.329. The van der Waals surface area contributed by atoms with Gasteiger partial charge in [-0.1, -0.05) is 273 Å². The number of hydrogen-bond acceptors (Lipinski definition) is 15. The number of carbonyl (C=O) groups excluding carboxylic acids is 1. The first-order valence-electron chi connectivity index (χ1n) is 35.3. The first-order chi connectivity index (χ1) is 49.7. The summed E-state index contributed by atoms with van der Waals surface area (Å²) in [6.07, 6.45) is -15.3. The lowest BCUT2D eigenvalue weighted by molar-refractivity contribution is -0.380. The average molecular weight is 1330 g/mol. The lowest BCUT2D eigenvalue weighted by Crippen LogP contribution is -2.66. The molecule has 4 fully saturated rings. The molecule has 0 spiro atoms. The van der Waals surface area contributed by atoms with Gasteiger partial charge in [0.2, 0.25) is 0 Å². The Labute approximate surface area is 578 Å². The van der Waals surface area contributed by atoms with E-state index in [2.05, 4.69) is 0 Å². The third-order valence-corrected chi connectivity index (χ3v) is 17.8. The van der Waals surface area contributed by atoms with Gasteiger partial charge in [-0.05, 0) is 57.0 Å². The second kappa shape index (κ2) is 35.0. The van der Waals surface area contributed by atoms with Gasteiger partial charge in [0, 0.05) is 5.92 Å².